The van der Waals surface area contributed by atoms with Crippen LogP contribution in [0.5, 0.6) is 0 Å². The molecule has 1 fully saturated rings. The predicted molar refractivity (Wildman–Crippen MR) is 91.4 cm³/mol. The second-order valence-electron chi connectivity index (χ2n) is 6.18. The monoisotopic (exact) mass is 348 g/mol. The summed E-state index contributed by atoms with van der Waals surface area (Å²) in [7, 11) is 0. The molecular formula is C18H24N2O5. The van der Waals surface area contributed by atoms with Crippen molar-refractivity contribution in [2.75, 3.05) is 26.2 Å². The zero-order chi connectivity index (χ0) is 18.6. The summed E-state index contributed by atoms with van der Waals surface area (Å²) in [5.41, 5.74) is -0.785. The Labute approximate surface area is 146 Å². The van der Waals surface area contributed by atoms with E-state index in [-0.39, 0.29) is 37.7 Å². The highest BCUT2D eigenvalue weighted by Crippen LogP contribution is 2.23. The number of benzene rings is 1. The maximum atomic E-state index is 12.5. The smallest absolute Gasteiger partial charge is 0.335 e. The number of aliphatic carboxylic acids is 1. The number of aliphatic hydroxyl groups is 1. The molecule has 25 heavy (non-hydrogen) atoms. The Bertz CT molecular complexity index is 644. The number of carbonyl (C=O) groups is 3. The first-order valence-corrected chi connectivity index (χ1v) is 8.46. The van der Waals surface area contributed by atoms with E-state index in [4.69, 9.17) is 5.11 Å². The molecule has 0 unspecified atom stereocenters. The van der Waals surface area contributed by atoms with Gasteiger partial charge in [0, 0.05) is 50.1 Å². The quantitative estimate of drug-likeness (QED) is 0.834. The molecule has 2 amide bonds. The van der Waals surface area contributed by atoms with Gasteiger partial charge in [-0.2, -0.15) is 0 Å². The van der Waals surface area contributed by atoms with Crippen LogP contribution in [-0.4, -0.2) is 69.6 Å². The molecule has 0 aliphatic carbocycles. The Balaban J connectivity index is 2.04. The molecule has 0 saturated carbocycles. The highest BCUT2D eigenvalue weighted by molar-refractivity contribution is 5.98. The van der Waals surface area contributed by atoms with Crippen LogP contribution in [0.15, 0.2) is 24.3 Å². The van der Waals surface area contributed by atoms with E-state index in [9.17, 15) is 19.5 Å². The fourth-order valence-corrected chi connectivity index (χ4v) is 2.92. The number of nitrogens with zero attached hydrogens (tertiary/aromatic N) is 2. The average Bonchev–Trinajstić information content (AvgIpc) is 2.62. The summed E-state index contributed by atoms with van der Waals surface area (Å²) in [6.45, 7) is 5.43. The number of amides is 2. The van der Waals surface area contributed by atoms with Crippen molar-refractivity contribution in [2.45, 2.75) is 32.3 Å². The molecule has 2 N–H and O–H groups in total. The zero-order valence-electron chi connectivity index (χ0n) is 14.6. The third-order valence-electron chi connectivity index (χ3n) is 4.71. The zero-order valence-corrected chi connectivity index (χ0v) is 14.6. The van der Waals surface area contributed by atoms with E-state index in [0.29, 0.717) is 24.2 Å². The number of hydrogen-bond acceptors (Lipinski definition) is 4. The minimum absolute atomic E-state index is 0.00655. The highest BCUT2D eigenvalue weighted by Gasteiger charge is 2.40. The van der Waals surface area contributed by atoms with Gasteiger partial charge in [-0.15, -0.1) is 0 Å². The van der Waals surface area contributed by atoms with Crippen LogP contribution >= 0.6 is 0 Å². The summed E-state index contributed by atoms with van der Waals surface area (Å²) in [4.78, 5) is 39.0. The average molecular weight is 348 g/mol. The van der Waals surface area contributed by atoms with Crippen molar-refractivity contribution in [1.29, 1.82) is 0 Å². The normalized spacial score (nSPS) is 16.4. The number of hydrogen-bond donors (Lipinski definition) is 2. The molecule has 136 valence electrons. The largest absolute Gasteiger partial charge is 0.479 e. The number of carbonyl (C=O) groups excluding carboxylic acids is 2. The van der Waals surface area contributed by atoms with Crippen molar-refractivity contribution in [3.8, 4) is 0 Å². The van der Waals surface area contributed by atoms with E-state index in [2.05, 4.69) is 0 Å². The Morgan fingerprint density at radius 3 is 1.96 bits per heavy atom. The predicted octanol–water partition coefficient (Wildman–Crippen LogP) is 1.22. The van der Waals surface area contributed by atoms with Crippen LogP contribution in [0.3, 0.4) is 0 Å². The van der Waals surface area contributed by atoms with Crippen molar-refractivity contribution in [1.82, 2.24) is 9.80 Å². The molecule has 7 nitrogen and oxygen atoms in total. The Hall–Kier alpha value is -2.41. The summed E-state index contributed by atoms with van der Waals surface area (Å²) in [6.07, 6.45) is 0.0131. The molecule has 0 atom stereocenters. The molecule has 0 aromatic heterocycles. The SMILES string of the molecule is CCN(CC)C(=O)c1ccc(C(=O)N2CCC(O)(C(=O)O)CC2)cc1. The summed E-state index contributed by atoms with van der Waals surface area (Å²) < 4.78 is 0. The minimum atomic E-state index is -1.75. The van der Waals surface area contributed by atoms with Crippen molar-refractivity contribution in [2.24, 2.45) is 0 Å². The molecule has 0 spiro atoms. The second kappa shape index (κ2) is 7.65. The van der Waals surface area contributed by atoms with E-state index < -0.39 is 11.6 Å². The van der Waals surface area contributed by atoms with Gasteiger partial charge in [-0.25, -0.2) is 4.79 Å². The number of carboxylic acid groups (broad SMARTS) is 1. The first-order chi connectivity index (χ1) is 11.8. The third kappa shape index (κ3) is 3.99. The Kier molecular flexibility index (Phi) is 5.79. The van der Waals surface area contributed by atoms with E-state index in [0.717, 1.165) is 0 Å². The van der Waals surface area contributed by atoms with E-state index in [1.807, 2.05) is 13.8 Å². The first kappa shape index (κ1) is 18.9. The highest BCUT2D eigenvalue weighted by atomic mass is 16.4. The number of rotatable bonds is 5. The molecule has 7 heteroatoms. The van der Waals surface area contributed by atoms with Crippen LogP contribution in [-0.2, 0) is 4.79 Å². The van der Waals surface area contributed by atoms with Crippen LogP contribution in [0.25, 0.3) is 0 Å². The Morgan fingerprint density at radius 2 is 1.52 bits per heavy atom. The number of carboxylic acids is 1. The molecule has 1 saturated heterocycles. The second-order valence-corrected chi connectivity index (χ2v) is 6.18. The summed E-state index contributed by atoms with van der Waals surface area (Å²) in [5, 5.41) is 19.0. The lowest BCUT2D eigenvalue weighted by atomic mass is 9.91. The van der Waals surface area contributed by atoms with Gasteiger partial charge in [0.2, 0.25) is 0 Å². The molecule has 2 rings (SSSR count). The number of likely N-dealkylation sites (tertiary alicyclic amines) is 1. The summed E-state index contributed by atoms with van der Waals surface area (Å²) in [6, 6.07) is 6.48. The van der Waals surface area contributed by atoms with Crippen LogP contribution in [0, 0.1) is 0 Å². The maximum Gasteiger partial charge on any atom is 0.335 e. The maximum absolute atomic E-state index is 12.5. The van der Waals surface area contributed by atoms with Crippen LogP contribution in [0.2, 0.25) is 0 Å². The molecule has 1 aromatic carbocycles. The third-order valence-corrected chi connectivity index (χ3v) is 4.71. The van der Waals surface area contributed by atoms with Gasteiger partial charge in [-0.3, -0.25) is 9.59 Å². The lowest BCUT2D eigenvalue weighted by Crippen LogP contribution is -2.50. The van der Waals surface area contributed by atoms with Gasteiger partial charge in [0.05, 0.1) is 0 Å². The molecular weight excluding hydrogens is 324 g/mol. The van der Waals surface area contributed by atoms with E-state index in [1.54, 1.807) is 29.2 Å². The van der Waals surface area contributed by atoms with Gasteiger partial charge in [-0.1, -0.05) is 0 Å². The summed E-state index contributed by atoms with van der Waals surface area (Å²) >= 11 is 0. The minimum Gasteiger partial charge on any atom is -0.479 e. The van der Waals surface area contributed by atoms with Crippen molar-refractivity contribution in [3.63, 3.8) is 0 Å². The number of piperidine rings is 1. The molecule has 0 bridgehead atoms. The van der Waals surface area contributed by atoms with E-state index >= 15 is 0 Å². The van der Waals surface area contributed by atoms with Crippen molar-refractivity contribution < 1.29 is 24.6 Å². The summed E-state index contributed by atoms with van der Waals surface area (Å²) in [5.74, 6) is -1.55. The lowest BCUT2D eigenvalue weighted by Gasteiger charge is -2.35. The van der Waals surface area contributed by atoms with Gasteiger partial charge in [-0.05, 0) is 38.1 Å². The van der Waals surface area contributed by atoms with Gasteiger partial charge in [0.15, 0.2) is 5.60 Å². The van der Waals surface area contributed by atoms with Crippen molar-refractivity contribution >= 4 is 17.8 Å². The molecule has 1 aromatic rings. The van der Waals surface area contributed by atoms with Gasteiger partial charge >= 0.3 is 5.97 Å². The fraction of sp³-hybridized carbons (Fsp3) is 0.500. The lowest BCUT2D eigenvalue weighted by molar-refractivity contribution is -0.162. The van der Waals surface area contributed by atoms with Crippen molar-refractivity contribution in [3.05, 3.63) is 35.4 Å². The first-order valence-electron chi connectivity index (χ1n) is 8.46. The molecule has 1 aliphatic rings. The van der Waals surface area contributed by atoms with Gasteiger partial charge < -0.3 is 20.0 Å². The molecule has 1 aliphatic heterocycles. The standard InChI is InChI=1S/C18H24N2O5/c1-3-19(4-2)15(21)13-5-7-14(8-6-13)16(22)20-11-9-18(25,10-12-20)17(23)24/h5-8,25H,3-4,9-12H2,1-2H3,(H,23,24). The van der Waals surface area contributed by atoms with Gasteiger partial charge in [0.25, 0.3) is 11.8 Å². The fourth-order valence-electron chi connectivity index (χ4n) is 2.92. The van der Waals surface area contributed by atoms with E-state index in [1.165, 1.54) is 4.90 Å². The Morgan fingerprint density at radius 1 is 1.04 bits per heavy atom. The molecule has 0 radical (unpaired) electrons. The van der Waals surface area contributed by atoms with Crippen LogP contribution in [0.4, 0.5) is 0 Å². The van der Waals surface area contributed by atoms with Crippen LogP contribution < -0.4 is 0 Å². The van der Waals surface area contributed by atoms with Gasteiger partial charge in [0.1, 0.15) is 0 Å². The topological polar surface area (TPSA) is 98.2 Å². The van der Waals surface area contributed by atoms with Crippen LogP contribution in [0.1, 0.15) is 47.4 Å². The molecule has 1 heterocycles.